The SMILES string of the molecule is CCCCCCCCCCCCCCCCCCCCCCCCCCCCCCCCCC(=O)OCC(COC(=O)CCCCCCCC)OC(=O)CCCCCCCCCCCC. The second-order valence-corrected chi connectivity index (χ2v) is 20.3. The highest BCUT2D eigenvalue weighted by molar-refractivity contribution is 5.71. The van der Waals surface area contributed by atoms with Crippen molar-refractivity contribution in [1.82, 2.24) is 0 Å². The molecule has 0 aliphatic carbocycles. The van der Waals surface area contributed by atoms with E-state index in [9.17, 15) is 14.4 Å². The number of carbonyl (C=O) groups is 3. The van der Waals surface area contributed by atoms with Crippen molar-refractivity contribution < 1.29 is 28.6 Å². The first-order chi connectivity index (χ1) is 32.0. The molecule has 1 unspecified atom stereocenters. The number of hydrogen-bond donors (Lipinski definition) is 0. The molecular weight excluding hydrogens is 805 g/mol. The molecule has 0 rings (SSSR count). The Balaban J connectivity index is 3.83. The molecular formula is C59H114O6. The quantitative estimate of drug-likeness (QED) is 0.0344. The molecule has 0 bridgehead atoms. The van der Waals surface area contributed by atoms with Crippen LogP contribution in [0.5, 0.6) is 0 Å². The summed E-state index contributed by atoms with van der Waals surface area (Å²) in [4.78, 5) is 37.7. The summed E-state index contributed by atoms with van der Waals surface area (Å²) in [5.74, 6) is -0.854. The van der Waals surface area contributed by atoms with E-state index in [1.54, 1.807) is 0 Å². The summed E-state index contributed by atoms with van der Waals surface area (Å²) in [5, 5.41) is 0. The molecule has 0 aromatic carbocycles. The molecule has 0 radical (unpaired) electrons. The maximum absolute atomic E-state index is 12.7. The van der Waals surface area contributed by atoms with E-state index in [0.29, 0.717) is 19.3 Å². The largest absolute Gasteiger partial charge is 0.462 e. The first kappa shape index (κ1) is 63.4. The first-order valence-electron chi connectivity index (χ1n) is 29.5. The van der Waals surface area contributed by atoms with Crippen LogP contribution in [0.3, 0.4) is 0 Å². The fourth-order valence-corrected chi connectivity index (χ4v) is 9.15. The van der Waals surface area contributed by atoms with Crippen molar-refractivity contribution in [3.05, 3.63) is 0 Å². The third kappa shape index (κ3) is 53.2. The Morgan fingerprint density at radius 2 is 0.415 bits per heavy atom. The van der Waals surface area contributed by atoms with Crippen molar-refractivity contribution in [2.75, 3.05) is 13.2 Å². The molecule has 0 heterocycles. The van der Waals surface area contributed by atoms with E-state index in [1.165, 1.54) is 244 Å². The number of carbonyl (C=O) groups excluding carboxylic acids is 3. The minimum Gasteiger partial charge on any atom is -0.462 e. The lowest BCUT2D eigenvalue weighted by Crippen LogP contribution is -2.30. The highest BCUT2D eigenvalue weighted by Gasteiger charge is 2.19. The summed E-state index contributed by atoms with van der Waals surface area (Å²) in [6.07, 6.45) is 61.7. The van der Waals surface area contributed by atoms with Crippen LogP contribution >= 0.6 is 0 Å². The van der Waals surface area contributed by atoms with E-state index in [0.717, 1.165) is 57.8 Å². The van der Waals surface area contributed by atoms with Gasteiger partial charge >= 0.3 is 17.9 Å². The lowest BCUT2D eigenvalue weighted by atomic mass is 10.0. The summed E-state index contributed by atoms with van der Waals surface area (Å²) in [7, 11) is 0. The zero-order valence-corrected chi connectivity index (χ0v) is 44.3. The van der Waals surface area contributed by atoms with Crippen molar-refractivity contribution in [3.8, 4) is 0 Å². The van der Waals surface area contributed by atoms with Gasteiger partial charge in [0, 0.05) is 19.3 Å². The van der Waals surface area contributed by atoms with Gasteiger partial charge in [0.2, 0.25) is 0 Å². The van der Waals surface area contributed by atoms with Crippen molar-refractivity contribution >= 4 is 17.9 Å². The Bertz CT molecular complexity index is 967. The van der Waals surface area contributed by atoms with Crippen LogP contribution in [0.2, 0.25) is 0 Å². The second-order valence-electron chi connectivity index (χ2n) is 20.3. The predicted molar refractivity (Wildman–Crippen MR) is 280 cm³/mol. The van der Waals surface area contributed by atoms with Gasteiger partial charge in [-0.1, -0.05) is 303 Å². The van der Waals surface area contributed by atoms with Crippen LogP contribution in [0.4, 0.5) is 0 Å². The van der Waals surface area contributed by atoms with E-state index >= 15 is 0 Å². The van der Waals surface area contributed by atoms with E-state index in [4.69, 9.17) is 14.2 Å². The van der Waals surface area contributed by atoms with Gasteiger partial charge in [-0.2, -0.15) is 0 Å². The molecule has 0 fully saturated rings. The minimum atomic E-state index is -0.758. The van der Waals surface area contributed by atoms with E-state index in [1.807, 2.05) is 0 Å². The van der Waals surface area contributed by atoms with Gasteiger partial charge in [0.05, 0.1) is 0 Å². The van der Waals surface area contributed by atoms with Gasteiger partial charge in [-0.3, -0.25) is 14.4 Å². The molecule has 0 aliphatic rings. The summed E-state index contributed by atoms with van der Waals surface area (Å²) >= 11 is 0. The molecule has 0 N–H and O–H groups in total. The van der Waals surface area contributed by atoms with Gasteiger partial charge in [0.25, 0.3) is 0 Å². The summed E-state index contributed by atoms with van der Waals surface area (Å²) in [6.45, 7) is 6.62. The lowest BCUT2D eigenvalue weighted by molar-refractivity contribution is -0.167. The van der Waals surface area contributed by atoms with Gasteiger partial charge < -0.3 is 14.2 Å². The third-order valence-electron chi connectivity index (χ3n) is 13.6. The molecule has 1 atom stereocenters. The Labute approximate surface area is 406 Å². The molecule has 6 nitrogen and oxygen atoms in total. The lowest BCUT2D eigenvalue weighted by Gasteiger charge is -2.18. The van der Waals surface area contributed by atoms with Gasteiger partial charge in [-0.05, 0) is 19.3 Å². The number of rotatable bonds is 55. The third-order valence-corrected chi connectivity index (χ3v) is 13.6. The Morgan fingerprint density at radius 3 is 0.615 bits per heavy atom. The predicted octanol–water partition coefficient (Wildman–Crippen LogP) is 19.5. The molecule has 65 heavy (non-hydrogen) atoms. The zero-order chi connectivity index (χ0) is 47.2. The molecule has 0 saturated heterocycles. The highest BCUT2D eigenvalue weighted by atomic mass is 16.6. The van der Waals surface area contributed by atoms with Crippen LogP contribution in [0.15, 0.2) is 0 Å². The normalized spacial score (nSPS) is 11.9. The van der Waals surface area contributed by atoms with Gasteiger partial charge in [-0.15, -0.1) is 0 Å². The van der Waals surface area contributed by atoms with Crippen LogP contribution in [0, 0.1) is 0 Å². The van der Waals surface area contributed by atoms with Crippen LogP contribution in [-0.2, 0) is 28.6 Å². The van der Waals surface area contributed by atoms with Gasteiger partial charge in [0.15, 0.2) is 6.10 Å². The van der Waals surface area contributed by atoms with Crippen molar-refractivity contribution in [2.24, 2.45) is 0 Å². The monoisotopic (exact) mass is 919 g/mol. The summed E-state index contributed by atoms with van der Waals surface area (Å²) in [6, 6.07) is 0. The molecule has 0 aliphatic heterocycles. The first-order valence-corrected chi connectivity index (χ1v) is 29.5. The van der Waals surface area contributed by atoms with E-state index in [-0.39, 0.29) is 31.1 Å². The van der Waals surface area contributed by atoms with Gasteiger partial charge in [0.1, 0.15) is 13.2 Å². The number of hydrogen-bond acceptors (Lipinski definition) is 6. The number of unbranched alkanes of at least 4 members (excludes halogenated alkanes) is 44. The molecule has 0 aromatic rings. The number of esters is 3. The van der Waals surface area contributed by atoms with Crippen LogP contribution in [0.1, 0.15) is 342 Å². The van der Waals surface area contributed by atoms with Crippen molar-refractivity contribution in [2.45, 2.75) is 348 Å². The van der Waals surface area contributed by atoms with E-state index < -0.39 is 6.10 Å². The number of ether oxygens (including phenoxy) is 3. The molecule has 0 amide bonds. The second kappa shape index (κ2) is 55.0. The summed E-state index contributed by atoms with van der Waals surface area (Å²) < 4.78 is 16.7. The fraction of sp³-hybridized carbons (Fsp3) is 0.949. The van der Waals surface area contributed by atoms with Crippen LogP contribution in [0.25, 0.3) is 0 Å². The van der Waals surface area contributed by atoms with Crippen LogP contribution in [-0.4, -0.2) is 37.2 Å². The fourth-order valence-electron chi connectivity index (χ4n) is 9.15. The topological polar surface area (TPSA) is 78.9 Å². The zero-order valence-electron chi connectivity index (χ0n) is 44.3. The summed E-state index contributed by atoms with van der Waals surface area (Å²) in [5.41, 5.74) is 0. The molecule has 386 valence electrons. The van der Waals surface area contributed by atoms with Crippen molar-refractivity contribution in [1.29, 1.82) is 0 Å². The Kier molecular flexibility index (Phi) is 53.7. The van der Waals surface area contributed by atoms with Crippen LogP contribution < -0.4 is 0 Å². The standard InChI is InChI=1S/C59H114O6/c1-4-7-10-13-16-18-20-21-22-23-24-25-26-27-28-29-30-31-32-33-34-35-36-37-38-39-40-42-43-46-49-52-58(61)64-55-56(54-63-57(60)51-48-45-15-12-9-6-3)65-59(62)53-50-47-44-41-19-17-14-11-8-5-2/h56H,4-55H2,1-3H3. The van der Waals surface area contributed by atoms with E-state index in [2.05, 4.69) is 20.8 Å². The molecule has 6 heteroatoms. The average molecular weight is 920 g/mol. The minimum absolute atomic E-state index is 0.0630. The Morgan fingerprint density at radius 1 is 0.246 bits per heavy atom. The Hall–Kier alpha value is -1.59. The maximum Gasteiger partial charge on any atom is 0.306 e. The smallest absolute Gasteiger partial charge is 0.306 e. The molecule has 0 aromatic heterocycles. The van der Waals surface area contributed by atoms with Crippen molar-refractivity contribution in [3.63, 3.8) is 0 Å². The maximum atomic E-state index is 12.7. The molecule has 0 saturated carbocycles. The molecule has 0 spiro atoms. The average Bonchev–Trinajstić information content (AvgIpc) is 3.30. The highest BCUT2D eigenvalue weighted by Crippen LogP contribution is 2.18. The van der Waals surface area contributed by atoms with Gasteiger partial charge in [-0.25, -0.2) is 0 Å².